The Labute approximate surface area is 154 Å². The summed E-state index contributed by atoms with van der Waals surface area (Å²) in [6.45, 7) is 4.77. The second-order valence-corrected chi connectivity index (χ2v) is 9.09. The monoisotopic (exact) mass is 383 g/mol. The average molecular weight is 383 g/mol. The molecule has 2 fully saturated rings. The third kappa shape index (κ3) is 4.24. The Morgan fingerprint density at radius 1 is 1.00 bits per heavy atom. The summed E-state index contributed by atoms with van der Waals surface area (Å²) in [6, 6.07) is 5.46. The van der Waals surface area contributed by atoms with Gasteiger partial charge in [0.1, 0.15) is 5.82 Å². The fourth-order valence-corrected chi connectivity index (χ4v) is 5.42. The largest absolute Gasteiger partial charge is 0.337 e. The molecule has 1 unspecified atom stereocenters. The van der Waals surface area contributed by atoms with Crippen LogP contribution >= 0.6 is 0 Å². The molecule has 3 rings (SSSR count). The van der Waals surface area contributed by atoms with E-state index in [-0.39, 0.29) is 11.7 Å². The van der Waals surface area contributed by atoms with Crippen molar-refractivity contribution in [3.8, 4) is 0 Å². The highest BCUT2D eigenvalue weighted by molar-refractivity contribution is 7.86. The maximum absolute atomic E-state index is 13.0. The quantitative estimate of drug-likeness (QED) is 0.802. The van der Waals surface area contributed by atoms with E-state index in [1.54, 1.807) is 9.21 Å². The number of halogens is 1. The van der Waals surface area contributed by atoms with Gasteiger partial charge in [0.25, 0.3) is 16.1 Å². The van der Waals surface area contributed by atoms with Crippen molar-refractivity contribution < 1.29 is 17.6 Å². The summed E-state index contributed by atoms with van der Waals surface area (Å²) >= 11 is 0. The number of piperidine rings is 1. The van der Waals surface area contributed by atoms with E-state index >= 15 is 0 Å². The summed E-state index contributed by atoms with van der Waals surface area (Å²) in [5, 5.41) is 0. The first-order valence-electron chi connectivity index (χ1n) is 9.18. The summed E-state index contributed by atoms with van der Waals surface area (Å²) < 4.78 is 42.0. The number of carbonyl (C=O) groups is 1. The molecule has 2 heterocycles. The second-order valence-electron chi connectivity index (χ2n) is 7.16. The Hall–Kier alpha value is -1.51. The lowest BCUT2D eigenvalue weighted by Crippen LogP contribution is -2.48. The molecule has 1 aromatic carbocycles. The molecule has 0 bridgehead atoms. The van der Waals surface area contributed by atoms with Gasteiger partial charge >= 0.3 is 0 Å². The van der Waals surface area contributed by atoms with Gasteiger partial charge in [-0.15, -0.1) is 0 Å². The third-order valence-electron chi connectivity index (χ3n) is 5.11. The van der Waals surface area contributed by atoms with Crippen LogP contribution in [0.3, 0.4) is 0 Å². The molecule has 2 aliphatic heterocycles. The van der Waals surface area contributed by atoms with Gasteiger partial charge < -0.3 is 4.90 Å². The highest BCUT2D eigenvalue weighted by atomic mass is 32.2. The minimum absolute atomic E-state index is 0.184. The molecule has 1 aromatic rings. The molecule has 2 saturated heterocycles. The lowest BCUT2D eigenvalue weighted by molar-refractivity contribution is 0.0764. The fourth-order valence-electron chi connectivity index (χ4n) is 3.62. The minimum atomic E-state index is -3.48. The number of rotatable bonds is 3. The normalized spacial score (nSPS) is 23.6. The fraction of sp³-hybridized carbons (Fsp3) is 0.611. The summed E-state index contributed by atoms with van der Waals surface area (Å²) in [5.74, 6) is -0.191. The van der Waals surface area contributed by atoms with Crippen molar-refractivity contribution in [2.24, 2.45) is 5.92 Å². The van der Waals surface area contributed by atoms with Crippen molar-refractivity contribution in [3.63, 3.8) is 0 Å². The van der Waals surface area contributed by atoms with E-state index in [1.165, 1.54) is 28.6 Å². The maximum atomic E-state index is 13.0. The van der Waals surface area contributed by atoms with Crippen LogP contribution in [0.15, 0.2) is 24.3 Å². The lowest BCUT2D eigenvalue weighted by Gasteiger charge is -2.34. The summed E-state index contributed by atoms with van der Waals surface area (Å²) in [6.07, 6.45) is 2.55. The number of amides is 1. The van der Waals surface area contributed by atoms with Gasteiger partial charge in [-0.1, -0.05) is 6.92 Å². The molecular weight excluding hydrogens is 357 g/mol. The van der Waals surface area contributed by atoms with Gasteiger partial charge in [-0.05, 0) is 49.4 Å². The number of nitrogens with zero attached hydrogens (tertiary/aromatic N) is 3. The Kier molecular flexibility index (Phi) is 5.94. The molecule has 2 aliphatic rings. The number of carbonyl (C=O) groups excluding carboxylic acids is 1. The first-order chi connectivity index (χ1) is 12.4. The van der Waals surface area contributed by atoms with Gasteiger partial charge in [0.05, 0.1) is 0 Å². The van der Waals surface area contributed by atoms with Gasteiger partial charge in [-0.2, -0.15) is 17.0 Å². The molecule has 0 N–H and O–H groups in total. The van der Waals surface area contributed by atoms with Crippen LogP contribution in [0.5, 0.6) is 0 Å². The second kappa shape index (κ2) is 8.02. The Balaban J connectivity index is 1.66. The zero-order valence-corrected chi connectivity index (χ0v) is 15.9. The van der Waals surface area contributed by atoms with Gasteiger partial charge in [0, 0.05) is 44.8 Å². The van der Waals surface area contributed by atoms with Crippen LogP contribution < -0.4 is 0 Å². The van der Waals surface area contributed by atoms with Crippen molar-refractivity contribution in [1.29, 1.82) is 0 Å². The predicted octanol–water partition coefficient (Wildman–Crippen LogP) is 1.95. The van der Waals surface area contributed by atoms with Crippen molar-refractivity contribution in [2.45, 2.75) is 26.2 Å². The van der Waals surface area contributed by atoms with E-state index in [0.717, 1.165) is 12.8 Å². The highest BCUT2D eigenvalue weighted by Gasteiger charge is 2.34. The molecule has 0 aliphatic carbocycles. The van der Waals surface area contributed by atoms with Crippen LogP contribution in [-0.2, 0) is 10.2 Å². The molecule has 144 valence electrons. The van der Waals surface area contributed by atoms with Crippen LogP contribution in [0.2, 0.25) is 0 Å². The van der Waals surface area contributed by atoms with Gasteiger partial charge in [0.15, 0.2) is 0 Å². The molecule has 6 nitrogen and oxygen atoms in total. The molecular formula is C18H26FN3O3S. The number of hydrogen-bond acceptors (Lipinski definition) is 3. The van der Waals surface area contributed by atoms with Crippen molar-refractivity contribution >= 4 is 16.1 Å². The molecule has 26 heavy (non-hydrogen) atoms. The molecule has 0 saturated carbocycles. The first kappa shape index (κ1) is 19.3. The van der Waals surface area contributed by atoms with Crippen LogP contribution in [-0.4, -0.2) is 67.1 Å². The van der Waals surface area contributed by atoms with Crippen LogP contribution in [0.4, 0.5) is 4.39 Å². The van der Waals surface area contributed by atoms with Crippen molar-refractivity contribution in [2.75, 3.05) is 39.3 Å². The molecule has 1 amide bonds. The van der Waals surface area contributed by atoms with Gasteiger partial charge in [-0.25, -0.2) is 4.39 Å². The predicted molar refractivity (Wildman–Crippen MR) is 97.4 cm³/mol. The highest BCUT2D eigenvalue weighted by Crippen LogP contribution is 2.22. The van der Waals surface area contributed by atoms with E-state index in [2.05, 4.69) is 6.92 Å². The molecule has 0 aromatic heterocycles. The summed E-state index contributed by atoms with van der Waals surface area (Å²) in [4.78, 5) is 14.2. The zero-order chi connectivity index (χ0) is 18.7. The molecule has 8 heteroatoms. The summed E-state index contributed by atoms with van der Waals surface area (Å²) in [7, 11) is -3.48. The van der Waals surface area contributed by atoms with E-state index in [4.69, 9.17) is 0 Å². The SMILES string of the molecule is CC1CCCN(S(=O)(=O)N2CCCN(C(=O)c3ccc(F)cc3)CC2)C1. The van der Waals surface area contributed by atoms with E-state index < -0.39 is 10.2 Å². The van der Waals surface area contributed by atoms with Crippen molar-refractivity contribution in [3.05, 3.63) is 35.6 Å². The number of benzene rings is 1. The third-order valence-corrected chi connectivity index (χ3v) is 7.11. The van der Waals surface area contributed by atoms with Crippen LogP contribution in [0, 0.1) is 11.7 Å². The molecule has 1 atom stereocenters. The lowest BCUT2D eigenvalue weighted by atomic mass is 10.0. The maximum Gasteiger partial charge on any atom is 0.282 e. The zero-order valence-electron chi connectivity index (χ0n) is 15.1. The van der Waals surface area contributed by atoms with E-state index in [1.807, 2.05) is 0 Å². The molecule has 0 spiro atoms. The Morgan fingerprint density at radius 2 is 1.69 bits per heavy atom. The van der Waals surface area contributed by atoms with Crippen molar-refractivity contribution in [1.82, 2.24) is 13.5 Å². The van der Waals surface area contributed by atoms with Gasteiger partial charge in [-0.3, -0.25) is 4.79 Å². The van der Waals surface area contributed by atoms with Crippen LogP contribution in [0.25, 0.3) is 0 Å². The minimum Gasteiger partial charge on any atom is -0.337 e. The van der Waals surface area contributed by atoms with E-state index in [9.17, 15) is 17.6 Å². The van der Waals surface area contributed by atoms with Crippen LogP contribution in [0.1, 0.15) is 36.5 Å². The topological polar surface area (TPSA) is 60.9 Å². The average Bonchev–Trinajstić information content (AvgIpc) is 2.88. The van der Waals surface area contributed by atoms with E-state index in [0.29, 0.717) is 57.2 Å². The Morgan fingerprint density at radius 3 is 2.38 bits per heavy atom. The molecule has 0 radical (unpaired) electrons. The smallest absolute Gasteiger partial charge is 0.282 e. The Bertz CT molecular complexity index is 739. The first-order valence-corrected chi connectivity index (χ1v) is 10.6. The number of hydrogen-bond donors (Lipinski definition) is 0. The van der Waals surface area contributed by atoms with Gasteiger partial charge in [0.2, 0.25) is 0 Å². The summed E-state index contributed by atoms with van der Waals surface area (Å²) in [5.41, 5.74) is 0.424. The standard InChI is InChI=1S/C18H26FN3O3S/c1-15-4-2-10-22(14-15)26(24,25)21-11-3-9-20(12-13-21)18(23)16-5-7-17(19)8-6-16/h5-8,15H,2-4,9-14H2,1H3.